The van der Waals surface area contributed by atoms with Gasteiger partial charge in [-0.25, -0.2) is 0 Å². The second-order valence-electron chi connectivity index (χ2n) is 14.2. The molecule has 2 fully saturated rings. The highest BCUT2D eigenvalue weighted by Crippen LogP contribution is 2.60. The number of fused-ring (bicyclic) bond motifs is 4. The van der Waals surface area contributed by atoms with Gasteiger partial charge in [0.15, 0.2) is 0 Å². The Kier molecular flexibility index (Phi) is 5.74. The highest BCUT2D eigenvalue weighted by atomic mass is 16.5. The summed E-state index contributed by atoms with van der Waals surface area (Å²) in [6.45, 7) is 15.9. The number of hydrogen-bond donors (Lipinski definition) is 0. The van der Waals surface area contributed by atoms with Crippen molar-refractivity contribution in [3.63, 3.8) is 0 Å². The van der Waals surface area contributed by atoms with Crippen LogP contribution in [0.1, 0.15) is 157 Å². The molecule has 0 amide bonds. The van der Waals surface area contributed by atoms with Gasteiger partial charge in [-0.1, -0.05) is 64.8 Å². The maximum Gasteiger partial charge on any atom is 0.111 e. The van der Waals surface area contributed by atoms with Crippen LogP contribution in [0, 0.1) is 5.41 Å². The largest absolute Gasteiger partial charge is 0.368 e. The molecule has 1 aromatic heterocycles. The van der Waals surface area contributed by atoms with E-state index >= 15 is 0 Å². The van der Waals surface area contributed by atoms with E-state index in [1.165, 1.54) is 64.9 Å². The van der Waals surface area contributed by atoms with E-state index in [1.54, 1.807) is 0 Å². The molecular weight excluding hydrogens is 442 g/mol. The van der Waals surface area contributed by atoms with Crippen LogP contribution in [0.4, 0.5) is 0 Å². The van der Waals surface area contributed by atoms with E-state index in [2.05, 4.69) is 72.7 Å². The first-order chi connectivity index (χ1) is 17.0. The zero-order valence-corrected chi connectivity index (χ0v) is 23.5. The summed E-state index contributed by atoms with van der Waals surface area (Å²) in [5.41, 5.74) is 9.26. The molecule has 6 rings (SSSR count). The highest BCUT2D eigenvalue weighted by Gasteiger charge is 2.53. The molecule has 1 spiro atoms. The molecule has 3 heteroatoms. The Morgan fingerprint density at radius 1 is 0.972 bits per heavy atom. The van der Waals surface area contributed by atoms with E-state index in [1.807, 2.05) is 0 Å². The quantitative estimate of drug-likeness (QED) is 0.432. The van der Waals surface area contributed by atoms with Crippen molar-refractivity contribution in [2.75, 3.05) is 0 Å². The van der Waals surface area contributed by atoms with Crippen LogP contribution in [0.25, 0.3) is 0 Å². The maximum atomic E-state index is 7.27. The van der Waals surface area contributed by atoms with Gasteiger partial charge in [0.25, 0.3) is 0 Å². The van der Waals surface area contributed by atoms with Gasteiger partial charge in [0.1, 0.15) is 6.10 Å². The molecule has 2 saturated carbocycles. The van der Waals surface area contributed by atoms with Crippen molar-refractivity contribution >= 4 is 0 Å². The van der Waals surface area contributed by atoms with E-state index in [-0.39, 0.29) is 28.8 Å². The number of benzene rings is 1. The molecule has 4 aliphatic rings. The van der Waals surface area contributed by atoms with E-state index in [4.69, 9.17) is 14.5 Å². The molecule has 0 saturated heterocycles. The summed E-state index contributed by atoms with van der Waals surface area (Å²) in [4.78, 5) is 5.49. The summed E-state index contributed by atoms with van der Waals surface area (Å²) in [5, 5.41) is 0. The van der Waals surface area contributed by atoms with Crippen molar-refractivity contribution in [3.8, 4) is 0 Å². The predicted octanol–water partition coefficient (Wildman–Crippen LogP) is 8.80. The summed E-state index contributed by atoms with van der Waals surface area (Å²) < 4.78 is 14.1. The molecule has 194 valence electrons. The fourth-order valence-electron chi connectivity index (χ4n) is 7.27. The first kappa shape index (κ1) is 24.6. The van der Waals surface area contributed by atoms with Gasteiger partial charge in [-0.3, -0.25) is 4.98 Å². The van der Waals surface area contributed by atoms with Crippen molar-refractivity contribution < 1.29 is 9.47 Å². The minimum atomic E-state index is -0.209. The maximum absolute atomic E-state index is 7.27. The van der Waals surface area contributed by atoms with Crippen LogP contribution in [-0.4, -0.2) is 10.6 Å². The van der Waals surface area contributed by atoms with Crippen LogP contribution in [0.3, 0.4) is 0 Å². The number of hydrogen-bond acceptors (Lipinski definition) is 3. The Morgan fingerprint density at radius 3 is 2.19 bits per heavy atom. The van der Waals surface area contributed by atoms with Crippen LogP contribution in [-0.2, 0) is 21.5 Å². The number of aromatic nitrogens is 1. The van der Waals surface area contributed by atoms with Crippen LogP contribution in [0.15, 0.2) is 24.3 Å². The normalized spacial score (nSPS) is 26.4. The van der Waals surface area contributed by atoms with Gasteiger partial charge in [-0.15, -0.1) is 0 Å². The van der Waals surface area contributed by atoms with Gasteiger partial charge in [-0.05, 0) is 93.2 Å². The average Bonchev–Trinajstić information content (AvgIpc) is 3.44. The predicted molar refractivity (Wildman–Crippen MR) is 145 cm³/mol. The van der Waals surface area contributed by atoms with Gasteiger partial charge in [0.05, 0.1) is 17.3 Å². The number of rotatable bonds is 4. The molecule has 2 heterocycles. The Labute approximate surface area is 218 Å². The molecule has 2 aromatic rings. The molecule has 2 unspecified atom stereocenters. The van der Waals surface area contributed by atoms with E-state index in [0.717, 1.165) is 31.6 Å². The van der Waals surface area contributed by atoms with Crippen molar-refractivity contribution in [2.24, 2.45) is 5.41 Å². The Morgan fingerprint density at radius 2 is 1.61 bits per heavy atom. The third-order valence-corrected chi connectivity index (χ3v) is 8.89. The molecule has 2 atom stereocenters. The second kappa shape index (κ2) is 8.40. The van der Waals surface area contributed by atoms with Gasteiger partial charge in [0.2, 0.25) is 0 Å². The van der Waals surface area contributed by atoms with Gasteiger partial charge < -0.3 is 9.47 Å². The SMILES string of the molecule is CC(C)c1nc2c(c3c1C(c1ccc(C4CC4)cc1)OC31CCCC1)C(OC(C)(C)C)CC(C)(C)C2. The topological polar surface area (TPSA) is 31.4 Å². The molecular formula is C33H45NO2. The second-order valence-corrected chi connectivity index (χ2v) is 14.2. The monoisotopic (exact) mass is 487 g/mol. The summed E-state index contributed by atoms with van der Waals surface area (Å²) >= 11 is 0. The summed E-state index contributed by atoms with van der Waals surface area (Å²) in [5.74, 6) is 1.13. The van der Waals surface area contributed by atoms with Crippen molar-refractivity contribution in [1.82, 2.24) is 4.98 Å². The fraction of sp³-hybridized carbons (Fsp3) is 0.667. The van der Waals surface area contributed by atoms with Crippen LogP contribution >= 0.6 is 0 Å². The van der Waals surface area contributed by atoms with Gasteiger partial charge >= 0.3 is 0 Å². The smallest absolute Gasteiger partial charge is 0.111 e. The Balaban J connectivity index is 1.57. The number of nitrogens with zero attached hydrogens (tertiary/aromatic N) is 1. The average molecular weight is 488 g/mol. The van der Waals surface area contributed by atoms with Crippen LogP contribution < -0.4 is 0 Å². The third kappa shape index (κ3) is 4.25. The number of ether oxygens (including phenoxy) is 2. The van der Waals surface area contributed by atoms with Crippen molar-refractivity contribution in [2.45, 2.75) is 135 Å². The minimum absolute atomic E-state index is 0.0354. The summed E-state index contributed by atoms with van der Waals surface area (Å²) in [7, 11) is 0. The van der Waals surface area contributed by atoms with Gasteiger partial charge in [-0.2, -0.15) is 0 Å². The van der Waals surface area contributed by atoms with Crippen molar-refractivity contribution in [3.05, 3.63) is 63.5 Å². The lowest BCUT2D eigenvalue weighted by Crippen LogP contribution is -2.35. The van der Waals surface area contributed by atoms with Gasteiger partial charge in [0, 0.05) is 22.5 Å². The lowest BCUT2D eigenvalue weighted by Gasteiger charge is -2.42. The first-order valence-electron chi connectivity index (χ1n) is 14.5. The summed E-state index contributed by atoms with van der Waals surface area (Å²) in [6, 6.07) is 9.38. The lowest BCUT2D eigenvalue weighted by atomic mass is 9.70. The zero-order valence-electron chi connectivity index (χ0n) is 23.5. The Hall–Kier alpha value is -1.71. The number of pyridine rings is 1. The summed E-state index contributed by atoms with van der Waals surface area (Å²) in [6.07, 6.45) is 9.42. The molecule has 1 aliphatic heterocycles. The zero-order chi connectivity index (χ0) is 25.5. The molecule has 0 radical (unpaired) electrons. The fourth-order valence-corrected chi connectivity index (χ4v) is 7.27. The molecule has 36 heavy (non-hydrogen) atoms. The molecule has 3 aliphatic carbocycles. The first-order valence-corrected chi connectivity index (χ1v) is 14.5. The van der Waals surface area contributed by atoms with Crippen molar-refractivity contribution in [1.29, 1.82) is 0 Å². The van der Waals surface area contributed by atoms with E-state index in [9.17, 15) is 0 Å². The third-order valence-electron chi connectivity index (χ3n) is 8.89. The van der Waals surface area contributed by atoms with Crippen LogP contribution in [0.5, 0.6) is 0 Å². The standard InChI is InChI=1S/C33H45NO2/c1-20(2)29-27-28(26-24(34-29)18-32(6,7)19-25(26)35-31(3,4)5)33(16-8-9-17-33)36-30(27)23-14-12-22(13-15-23)21-10-11-21/h12-15,20-21,25,30H,8-11,16-19H2,1-7H3. The highest BCUT2D eigenvalue weighted by molar-refractivity contribution is 5.54. The molecule has 1 aromatic carbocycles. The van der Waals surface area contributed by atoms with E-state index < -0.39 is 0 Å². The lowest BCUT2D eigenvalue weighted by molar-refractivity contribution is -0.0881. The Bertz CT molecular complexity index is 1140. The molecule has 3 nitrogen and oxygen atoms in total. The van der Waals surface area contributed by atoms with E-state index in [0.29, 0.717) is 5.92 Å². The minimum Gasteiger partial charge on any atom is -0.368 e. The molecule has 0 N–H and O–H groups in total. The molecule has 0 bridgehead atoms. The van der Waals surface area contributed by atoms with Crippen LogP contribution in [0.2, 0.25) is 0 Å².